The molecule has 0 aromatic rings. The first-order valence-corrected chi connectivity index (χ1v) is 3.01. The van der Waals surface area contributed by atoms with Gasteiger partial charge in [-0.1, -0.05) is 13.8 Å². The Hall–Kier alpha value is -0.0400. The minimum atomic E-state index is 0.616. The minimum Gasteiger partial charge on any atom is -0.355 e. The van der Waals surface area contributed by atoms with Crippen molar-refractivity contribution in [2.75, 3.05) is 0 Å². The summed E-state index contributed by atoms with van der Waals surface area (Å²) in [4.78, 5) is 0. The van der Waals surface area contributed by atoms with Crippen molar-refractivity contribution in [2.24, 2.45) is 5.92 Å². The molecule has 7 heavy (non-hydrogen) atoms. The van der Waals surface area contributed by atoms with E-state index in [1.807, 2.05) is 0 Å². The fourth-order valence-corrected chi connectivity index (χ4v) is 0.402. The third kappa shape index (κ3) is 2.63. The molecule has 0 amide bonds. The first kappa shape index (κ1) is 6.96. The predicted molar refractivity (Wildman–Crippen MR) is 31.8 cm³/mol. The SMILES string of the molecule is CCC(C)[C@@H](C)[NH3+]. The van der Waals surface area contributed by atoms with Gasteiger partial charge >= 0.3 is 0 Å². The van der Waals surface area contributed by atoms with Gasteiger partial charge < -0.3 is 5.73 Å². The first-order chi connectivity index (χ1) is 3.18. The number of quaternary nitrogens is 1. The van der Waals surface area contributed by atoms with Gasteiger partial charge in [0.15, 0.2) is 0 Å². The van der Waals surface area contributed by atoms with Gasteiger partial charge in [-0.3, -0.25) is 0 Å². The highest BCUT2D eigenvalue weighted by Gasteiger charge is 2.05. The zero-order chi connectivity index (χ0) is 5.86. The van der Waals surface area contributed by atoms with Gasteiger partial charge in [-0.2, -0.15) is 0 Å². The third-order valence-corrected chi connectivity index (χ3v) is 1.62. The van der Waals surface area contributed by atoms with Gasteiger partial charge in [-0.15, -0.1) is 0 Å². The number of hydrogen-bond acceptors (Lipinski definition) is 0. The van der Waals surface area contributed by atoms with Crippen molar-refractivity contribution in [3.63, 3.8) is 0 Å². The Labute approximate surface area is 45.9 Å². The summed E-state index contributed by atoms with van der Waals surface area (Å²) in [6.07, 6.45) is 1.25. The molecule has 0 aliphatic carbocycles. The summed E-state index contributed by atoms with van der Waals surface area (Å²) in [7, 11) is 0. The van der Waals surface area contributed by atoms with Gasteiger partial charge in [0.1, 0.15) is 0 Å². The quantitative estimate of drug-likeness (QED) is 0.530. The van der Waals surface area contributed by atoms with Gasteiger partial charge in [-0.05, 0) is 13.3 Å². The molecule has 0 aliphatic heterocycles. The Kier molecular flexibility index (Phi) is 3.01. The van der Waals surface area contributed by atoms with Crippen LogP contribution < -0.4 is 5.73 Å². The lowest BCUT2D eigenvalue weighted by Gasteiger charge is -2.07. The maximum atomic E-state index is 3.91. The van der Waals surface area contributed by atoms with E-state index in [1.165, 1.54) is 6.42 Å². The van der Waals surface area contributed by atoms with Crippen molar-refractivity contribution in [3.05, 3.63) is 0 Å². The van der Waals surface area contributed by atoms with E-state index in [1.54, 1.807) is 0 Å². The predicted octanol–water partition coefficient (Wildman–Crippen LogP) is 0.663. The second-order valence-corrected chi connectivity index (χ2v) is 2.36. The molecule has 3 N–H and O–H groups in total. The molecule has 0 spiro atoms. The number of rotatable bonds is 2. The Bertz CT molecular complexity index is 41.4. The van der Waals surface area contributed by atoms with E-state index >= 15 is 0 Å². The second kappa shape index (κ2) is 3.03. The topological polar surface area (TPSA) is 27.6 Å². The van der Waals surface area contributed by atoms with E-state index in [0.29, 0.717) is 6.04 Å². The van der Waals surface area contributed by atoms with E-state index in [2.05, 4.69) is 26.5 Å². The van der Waals surface area contributed by atoms with Crippen LogP contribution in [0.4, 0.5) is 0 Å². The summed E-state index contributed by atoms with van der Waals surface area (Å²) in [5.41, 5.74) is 3.91. The summed E-state index contributed by atoms with van der Waals surface area (Å²) in [5.74, 6) is 0.792. The molecule has 1 unspecified atom stereocenters. The van der Waals surface area contributed by atoms with Crippen LogP contribution >= 0.6 is 0 Å². The van der Waals surface area contributed by atoms with Crippen molar-refractivity contribution < 1.29 is 5.73 Å². The van der Waals surface area contributed by atoms with Crippen molar-refractivity contribution in [1.29, 1.82) is 0 Å². The molecule has 0 aromatic heterocycles. The molecule has 0 fully saturated rings. The molecule has 44 valence electrons. The smallest absolute Gasteiger partial charge is 0.0840 e. The maximum Gasteiger partial charge on any atom is 0.0840 e. The van der Waals surface area contributed by atoms with Crippen molar-refractivity contribution in [1.82, 2.24) is 0 Å². The van der Waals surface area contributed by atoms with Gasteiger partial charge in [0.25, 0.3) is 0 Å². The molecule has 0 heterocycles. The van der Waals surface area contributed by atoms with Crippen LogP contribution in [0.2, 0.25) is 0 Å². The lowest BCUT2D eigenvalue weighted by Crippen LogP contribution is -2.61. The molecule has 0 aliphatic rings. The van der Waals surface area contributed by atoms with Crippen molar-refractivity contribution in [3.8, 4) is 0 Å². The molecule has 0 saturated carbocycles. The van der Waals surface area contributed by atoms with Crippen LogP contribution in [-0.4, -0.2) is 6.04 Å². The van der Waals surface area contributed by atoms with E-state index in [-0.39, 0.29) is 0 Å². The van der Waals surface area contributed by atoms with E-state index < -0.39 is 0 Å². The Morgan fingerprint density at radius 2 is 1.86 bits per heavy atom. The van der Waals surface area contributed by atoms with Crippen LogP contribution in [0.3, 0.4) is 0 Å². The van der Waals surface area contributed by atoms with Crippen molar-refractivity contribution in [2.45, 2.75) is 33.2 Å². The van der Waals surface area contributed by atoms with Crippen LogP contribution in [0.5, 0.6) is 0 Å². The molecular formula is C6H16N+. The third-order valence-electron chi connectivity index (χ3n) is 1.62. The summed E-state index contributed by atoms with van der Waals surface area (Å²) in [6, 6.07) is 0.616. The monoisotopic (exact) mass is 102 g/mol. The largest absolute Gasteiger partial charge is 0.355 e. The lowest BCUT2D eigenvalue weighted by atomic mass is 10.0. The Morgan fingerprint density at radius 3 is 1.86 bits per heavy atom. The summed E-state index contributed by atoms with van der Waals surface area (Å²) >= 11 is 0. The van der Waals surface area contributed by atoms with Crippen LogP contribution in [0.15, 0.2) is 0 Å². The standard InChI is InChI=1S/C6H15N/c1-4-5(2)6(3)7/h5-6H,4,7H2,1-3H3/p+1/t5?,6-/m1/s1. The van der Waals surface area contributed by atoms with E-state index in [0.717, 1.165) is 5.92 Å². The van der Waals surface area contributed by atoms with Gasteiger partial charge in [0.2, 0.25) is 0 Å². The van der Waals surface area contributed by atoms with Crippen LogP contribution in [0.25, 0.3) is 0 Å². The molecule has 0 aromatic carbocycles. The highest BCUT2D eigenvalue weighted by Crippen LogP contribution is 2.00. The summed E-state index contributed by atoms with van der Waals surface area (Å²) < 4.78 is 0. The normalized spacial score (nSPS) is 18.9. The minimum absolute atomic E-state index is 0.616. The van der Waals surface area contributed by atoms with E-state index in [9.17, 15) is 0 Å². The molecule has 0 rings (SSSR count). The Morgan fingerprint density at radius 1 is 1.43 bits per heavy atom. The van der Waals surface area contributed by atoms with Crippen LogP contribution in [0, 0.1) is 5.92 Å². The molecule has 0 radical (unpaired) electrons. The molecule has 1 nitrogen and oxygen atoms in total. The first-order valence-electron chi connectivity index (χ1n) is 3.01. The highest BCUT2D eigenvalue weighted by atomic mass is 14.6. The zero-order valence-corrected chi connectivity index (χ0v) is 5.57. The Balaban J connectivity index is 3.14. The number of hydrogen-bond donors (Lipinski definition) is 1. The van der Waals surface area contributed by atoms with E-state index in [4.69, 9.17) is 0 Å². The lowest BCUT2D eigenvalue weighted by molar-refractivity contribution is -0.426. The molecule has 0 bridgehead atoms. The summed E-state index contributed by atoms with van der Waals surface area (Å²) in [6.45, 7) is 6.60. The second-order valence-electron chi connectivity index (χ2n) is 2.36. The summed E-state index contributed by atoms with van der Waals surface area (Å²) in [5, 5.41) is 0. The average Bonchev–Trinajstić information content (AvgIpc) is 1.65. The maximum absolute atomic E-state index is 3.91. The van der Waals surface area contributed by atoms with Gasteiger partial charge in [-0.25, -0.2) is 0 Å². The molecule has 0 saturated heterocycles. The van der Waals surface area contributed by atoms with Crippen LogP contribution in [-0.2, 0) is 0 Å². The molecule has 2 atom stereocenters. The molecule has 1 heteroatoms. The fourth-order valence-electron chi connectivity index (χ4n) is 0.402. The van der Waals surface area contributed by atoms with Crippen molar-refractivity contribution >= 4 is 0 Å². The fraction of sp³-hybridized carbons (Fsp3) is 1.00. The van der Waals surface area contributed by atoms with Gasteiger partial charge in [0.05, 0.1) is 6.04 Å². The molecular weight excluding hydrogens is 86.1 g/mol. The highest BCUT2D eigenvalue weighted by molar-refractivity contribution is 4.52. The average molecular weight is 102 g/mol. The van der Waals surface area contributed by atoms with Crippen LogP contribution in [0.1, 0.15) is 27.2 Å². The zero-order valence-electron chi connectivity index (χ0n) is 5.57. The van der Waals surface area contributed by atoms with Gasteiger partial charge in [0, 0.05) is 5.92 Å².